The van der Waals surface area contributed by atoms with Crippen molar-refractivity contribution < 1.29 is 9.59 Å². The van der Waals surface area contributed by atoms with Gasteiger partial charge in [0.05, 0.1) is 0 Å². The fraction of sp³-hybridized carbons (Fsp3) is 0.333. The second-order valence-corrected chi connectivity index (χ2v) is 3.80. The van der Waals surface area contributed by atoms with E-state index >= 15 is 0 Å². The molecule has 84 valence electrons. The lowest BCUT2D eigenvalue weighted by atomic mass is 10.1. The molecule has 1 N–H and O–H groups in total. The fourth-order valence-electron chi connectivity index (χ4n) is 1.94. The van der Waals surface area contributed by atoms with Gasteiger partial charge < -0.3 is 4.90 Å². The van der Waals surface area contributed by atoms with Crippen molar-refractivity contribution in [3.63, 3.8) is 0 Å². The molecule has 4 nitrogen and oxygen atoms in total. The van der Waals surface area contributed by atoms with E-state index in [1.807, 2.05) is 37.3 Å². The van der Waals surface area contributed by atoms with Crippen molar-refractivity contribution in [1.82, 2.24) is 10.2 Å². The largest absolute Gasteiger partial charge is 0.325 e. The van der Waals surface area contributed by atoms with E-state index in [4.69, 9.17) is 0 Å². The lowest BCUT2D eigenvalue weighted by Gasteiger charge is -2.21. The molecule has 0 aliphatic carbocycles. The number of carbonyl (C=O) groups is 2. The molecule has 1 fully saturated rings. The van der Waals surface area contributed by atoms with Crippen LogP contribution in [-0.2, 0) is 4.79 Å². The zero-order valence-corrected chi connectivity index (χ0v) is 9.14. The Bertz CT molecular complexity index is 403. The molecular weight excluding hydrogens is 204 g/mol. The van der Waals surface area contributed by atoms with Gasteiger partial charge in [-0.15, -0.1) is 0 Å². The van der Waals surface area contributed by atoms with Gasteiger partial charge in [0.15, 0.2) is 0 Å². The number of nitrogens with one attached hydrogen (secondary N) is 1. The molecule has 1 saturated heterocycles. The molecule has 1 aromatic carbocycles. The van der Waals surface area contributed by atoms with Crippen LogP contribution in [0.15, 0.2) is 30.3 Å². The van der Waals surface area contributed by atoms with E-state index in [2.05, 4.69) is 5.32 Å². The monoisotopic (exact) mass is 218 g/mol. The van der Waals surface area contributed by atoms with Crippen LogP contribution in [0.2, 0.25) is 0 Å². The molecule has 4 heteroatoms. The summed E-state index contributed by atoms with van der Waals surface area (Å²) in [6.07, 6.45) is 0.837. The summed E-state index contributed by atoms with van der Waals surface area (Å²) in [6.45, 7) is 2.58. The van der Waals surface area contributed by atoms with Gasteiger partial charge in [0.2, 0.25) is 0 Å². The molecule has 0 bridgehead atoms. The first-order chi connectivity index (χ1) is 7.74. The van der Waals surface area contributed by atoms with Crippen LogP contribution < -0.4 is 5.32 Å². The average Bonchev–Trinajstić information content (AvgIpc) is 2.56. The minimum Gasteiger partial charge on any atom is -0.308 e. The third-order valence-corrected chi connectivity index (χ3v) is 2.63. The molecule has 1 atom stereocenters. The zero-order valence-electron chi connectivity index (χ0n) is 9.14. The third-order valence-electron chi connectivity index (χ3n) is 2.63. The maximum absolute atomic E-state index is 11.7. The summed E-state index contributed by atoms with van der Waals surface area (Å²) in [4.78, 5) is 24.8. The number of hydrogen-bond donors (Lipinski definition) is 1. The van der Waals surface area contributed by atoms with Crippen LogP contribution in [-0.4, -0.2) is 23.4 Å². The van der Waals surface area contributed by atoms with E-state index in [0.717, 1.165) is 12.0 Å². The van der Waals surface area contributed by atoms with Crippen LogP contribution in [0.4, 0.5) is 4.79 Å². The topological polar surface area (TPSA) is 49.4 Å². The van der Waals surface area contributed by atoms with Gasteiger partial charge in [0, 0.05) is 6.54 Å². The van der Waals surface area contributed by atoms with Gasteiger partial charge in [0.25, 0.3) is 5.91 Å². The summed E-state index contributed by atoms with van der Waals surface area (Å²) in [6, 6.07) is 8.61. The molecule has 2 rings (SSSR count). The van der Waals surface area contributed by atoms with Crippen LogP contribution in [0.5, 0.6) is 0 Å². The van der Waals surface area contributed by atoms with Crippen LogP contribution in [0.1, 0.15) is 24.9 Å². The molecule has 0 spiro atoms. The lowest BCUT2D eigenvalue weighted by molar-refractivity contribution is -0.121. The van der Waals surface area contributed by atoms with Crippen molar-refractivity contribution in [3.05, 3.63) is 35.9 Å². The van der Waals surface area contributed by atoms with Gasteiger partial charge in [-0.2, -0.15) is 0 Å². The summed E-state index contributed by atoms with van der Waals surface area (Å²) in [5.41, 5.74) is 0.860. The SMILES string of the molecule is CCCN1C(=O)NC(=O)C1c1ccccc1. The Kier molecular flexibility index (Phi) is 2.90. The van der Waals surface area contributed by atoms with E-state index in [1.54, 1.807) is 4.90 Å². The van der Waals surface area contributed by atoms with Crippen molar-refractivity contribution in [2.75, 3.05) is 6.54 Å². The van der Waals surface area contributed by atoms with Crippen molar-refractivity contribution in [3.8, 4) is 0 Å². The predicted molar refractivity (Wildman–Crippen MR) is 59.7 cm³/mol. The van der Waals surface area contributed by atoms with Gasteiger partial charge in [-0.05, 0) is 12.0 Å². The fourth-order valence-corrected chi connectivity index (χ4v) is 1.94. The molecule has 3 amide bonds. The Morgan fingerprint density at radius 3 is 2.56 bits per heavy atom. The molecule has 1 aromatic rings. The summed E-state index contributed by atoms with van der Waals surface area (Å²) in [5.74, 6) is -0.232. The van der Waals surface area contributed by atoms with Gasteiger partial charge >= 0.3 is 6.03 Å². The molecule has 16 heavy (non-hydrogen) atoms. The van der Waals surface area contributed by atoms with E-state index in [1.165, 1.54) is 0 Å². The smallest absolute Gasteiger partial charge is 0.308 e. The number of urea groups is 1. The number of carbonyl (C=O) groups excluding carboxylic acids is 2. The first-order valence-electron chi connectivity index (χ1n) is 5.40. The van der Waals surface area contributed by atoms with E-state index in [-0.39, 0.29) is 11.9 Å². The second kappa shape index (κ2) is 4.35. The Balaban J connectivity index is 2.30. The minimum absolute atomic E-state index is 0.232. The van der Waals surface area contributed by atoms with Crippen molar-refractivity contribution >= 4 is 11.9 Å². The first-order valence-corrected chi connectivity index (χ1v) is 5.40. The number of benzene rings is 1. The van der Waals surface area contributed by atoms with E-state index in [0.29, 0.717) is 6.54 Å². The number of rotatable bonds is 3. The van der Waals surface area contributed by atoms with Crippen molar-refractivity contribution in [1.29, 1.82) is 0 Å². The summed E-state index contributed by atoms with van der Waals surface area (Å²) in [5, 5.41) is 2.35. The Morgan fingerprint density at radius 2 is 1.94 bits per heavy atom. The van der Waals surface area contributed by atoms with Gasteiger partial charge in [-0.3, -0.25) is 10.1 Å². The molecule has 1 heterocycles. The maximum atomic E-state index is 11.7. The maximum Gasteiger partial charge on any atom is 0.325 e. The molecule has 1 aliphatic rings. The molecule has 1 aliphatic heterocycles. The third kappa shape index (κ3) is 1.78. The summed E-state index contributed by atoms with van der Waals surface area (Å²) in [7, 11) is 0. The van der Waals surface area contributed by atoms with Crippen LogP contribution in [0, 0.1) is 0 Å². The standard InChI is InChI=1S/C12H14N2O2/c1-2-8-14-10(11(15)13-12(14)16)9-6-4-3-5-7-9/h3-7,10H,2,8H2,1H3,(H,13,15,16). The van der Waals surface area contributed by atoms with Crippen molar-refractivity contribution in [2.45, 2.75) is 19.4 Å². The summed E-state index contributed by atoms with van der Waals surface area (Å²) < 4.78 is 0. The summed E-state index contributed by atoms with van der Waals surface area (Å²) >= 11 is 0. The molecular formula is C12H14N2O2. The highest BCUT2D eigenvalue weighted by atomic mass is 16.2. The average molecular weight is 218 g/mol. The highest BCUT2D eigenvalue weighted by Crippen LogP contribution is 2.25. The molecule has 1 unspecified atom stereocenters. The van der Waals surface area contributed by atoms with E-state index < -0.39 is 6.04 Å². The highest BCUT2D eigenvalue weighted by molar-refractivity contribution is 6.04. The molecule has 0 saturated carbocycles. The Labute approximate surface area is 94.2 Å². The van der Waals surface area contributed by atoms with Gasteiger partial charge in [-0.1, -0.05) is 37.3 Å². The van der Waals surface area contributed by atoms with Crippen LogP contribution >= 0.6 is 0 Å². The quantitative estimate of drug-likeness (QED) is 0.785. The lowest BCUT2D eigenvalue weighted by Crippen LogP contribution is -2.30. The Morgan fingerprint density at radius 1 is 1.25 bits per heavy atom. The second-order valence-electron chi connectivity index (χ2n) is 3.80. The highest BCUT2D eigenvalue weighted by Gasteiger charge is 2.38. The van der Waals surface area contributed by atoms with Gasteiger partial charge in [-0.25, -0.2) is 4.79 Å². The normalized spacial score (nSPS) is 20.1. The number of hydrogen-bond acceptors (Lipinski definition) is 2. The van der Waals surface area contributed by atoms with E-state index in [9.17, 15) is 9.59 Å². The Hall–Kier alpha value is -1.84. The minimum atomic E-state index is -0.464. The zero-order chi connectivity index (χ0) is 11.5. The molecule has 0 radical (unpaired) electrons. The first kappa shape index (κ1) is 10.7. The predicted octanol–water partition coefficient (Wildman–Crippen LogP) is 1.69. The number of imide groups is 1. The van der Waals surface area contributed by atoms with Gasteiger partial charge in [0.1, 0.15) is 6.04 Å². The van der Waals surface area contributed by atoms with Crippen molar-refractivity contribution in [2.24, 2.45) is 0 Å². The number of nitrogens with zero attached hydrogens (tertiary/aromatic N) is 1. The molecule has 0 aromatic heterocycles. The van der Waals surface area contributed by atoms with Crippen LogP contribution in [0.25, 0.3) is 0 Å². The number of amides is 3. The van der Waals surface area contributed by atoms with Crippen LogP contribution in [0.3, 0.4) is 0 Å².